The predicted octanol–water partition coefficient (Wildman–Crippen LogP) is 2.48. The van der Waals surface area contributed by atoms with Gasteiger partial charge in [0, 0.05) is 11.6 Å². The zero-order valence-corrected chi connectivity index (χ0v) is 11.1. The topological polar surface area (TPSA) is 52.6 Å². The summed E-state index contributed by atoms with van der Waals surface area (Å²) in [6, 6.07) is 0. The Labute approximate surface area is 103 Å². The lowest BCUT2D eigenvalue weighted by molar-refractivity contribution is -0.141. The van der Waals surface area contributed by atoms with Crippen LogP contribution in [0.25, 0.3) is 0 Å². The Kier molecular flexibility index (Phi) is 8.11. The van der Waals surface area contributed by atoms with Gasteiger partial charge < -0.3 is 9.47 Å². The highest BCUT2D eigenvalue weighted by atomic mass is 16.5. The monoisotopic (exact) mass is 242 g/mol. The fourth-order valence-electron chi connectivity index (χ4n) is 1.11. The van der Waals surface area contributed by atoms with Crippen molar-refractivity contribution in [1.29, 1.82) is 0 Å². The molecule has 0 amide bonds. The van der Waals surface area contributed by atoms with Crippen LogP contribution < -0.4 is 0 Å². The molecule has 0 aliphatic carbocycles. The molecule has 0 saturated carbocycles. The predicted molar refractivity (Wildman–Crippen MR) is 65.4 cm³/mol. The minimum absolute atomic E-state index is 0.0615. The molecule has 0 aromatic heterocycles. The smallest absolute Gasteiger partial charge is 0.334 e. The Bertz CT molecular complexity index is 279. The molecule has 0 atom stereocenters. The highest BCUT2D eigenvalue weighted by Gasteiger charge is 2.16. The summed E-state index contributed by atoms with van der Waals surface area (Å²) in [5.74, 6) is -0.979. The minimum Gasteiger partial charge on any atom is -0.463 e. The van der Waals surface area contributed by atoms with E-state index in [4.69, 9.17) is 9.47 Å². The van der Waals surface area contributed by atoms with E-state index in [-0.39, 0.29) is 5.92 Å². The molecule has 0 spiro atoms. The molecule has 4 nitrogen and oxygen atoms in total. The first kappa shape index (κ1) is 15.7. The van der Waals surface area contributed by atoms with Crippen molar-refractivity contribution in [2.75, 3.05) is 13.2 Å². The van der Waals surface area contributed by atoms with Crippen LogP contribution in [-0.2, 0) is 19.1 Å². The van der Waals surface area contributed by atoms with Crippen molar-refractivity contribution in [2.24, 2.45) is 5.92 Å². The summed E-state index contributed by atoms with van der Waals surface area (Å²) in [5.41, 5.74) is 0.361. The van der Waals surface area contributed by atoms with E-state index in [1.165, 1.54) is 6.08 Å². The summed E-state index contributed by atoms with van der Waals surface area (Å²) in [5, 5.41) is 0. The number of hydrogen-bond acceptors (Lipinski definition) is 4. The molecule has 0 aromatic carbocycles. The van der Waals surface area contributed by atoms with E-state index in [1.807, 2.05) is 27.7 Å². The molecule has 0 N–H and O–H groups in total. The van der Waals surface area contributed by atoms with Gasteiger partial charge >= 0.3 is 11.9 Å². The van der Waals surface area contributed by atoms with Gasteiger partial charge in [0.05, 0.1) is 13.2 Å². The fourth-order valence-corrected chi connectivity index (χ4v) is 1.11. The number of ether oxygens (including phenoxy) is 2. The molecule has 0 bridgehead atoms. The van der Waals surface area contributed by atoms with Crippen LogP contribution >= 0.6 is 0 Å². The highest BCUT2D eigenvalue weighted by molar-refractivity contribution is 5.96. The molecule has 0 aliphatic heterocycles. The summed E-state index contributed by atoms with van der Waals surface area (Å²) in [4.78, 5) is 23.0. The second-order valence-electron chi connectivity index (χ2n) is 4.06. The molecular weight excluding hydrogens is 220 g/mol. The Morgan fingerprint density at radius 2 is 1.59 bits per heavy atom. The maximum absolute atomic E-state index is 11.7. The van der Waals surface area contributed by atoms with Crippen molar-refractivity contribution in [2.45, 2.75) is 40.5 Å². The lowest BCUT2D eigenvalue weighted by atomic mass is 10.0. The molecule has 0 unspecified atom stereocenters. The van der Waals surface area contributed by atoms with Crippen molar-refractivity contribution in [3.8, 4) is 0 Å². The van der Waals surface area contributed by atoms with Crippen LogP contribution in [0.1, 0.15) is 40.5 Å². The Balaban J connectivity index is 4.55. The van der Waals surface area contributed by atoms with Crippen LogP contribution in [0.15, 0.2) is 11.6 Å². The normalized spacial score (nSPS) is 11.5. The standard InChI is InChI=1S/C13H22O4/c1-5-7-16-12(14)9-11(10(3)4)13(15)17-8-6-2/h9-10H,5-8H2,1-4H3. The number of esters is 2. The van der Waals surface area contributed by atoms with E-state index < -0.39 is 11.9 Å². The molecule has 17 heavy (non-hydrogen) atoms. The number of rotatable bonds is 7. The van der Waals surface area contributed by atoms with Gasteiger partial charge in [-0.3, -0.25) is 0 Å². The third-order valence-corrected chi connectivity index (χ3v) is 2.02. The maximum atomic E-state index is 11.7. The molecule has 0 rings (SSSR count). The quantitative estimate of drug-likeness (QED) is 0.508. The summed E-state index contributed by atoms with van der Waals surface area (Å²) in [6.07, 6.45) is 2.76. The van der Waals surface area contributed by atoms with E-state index in [9.17, 15) is 9.59 Å². The zero-order valence-electron chi connectivity index (χ0n) is 11.1. The van der Waals surface area contributed by atoms with Gasteiger partial charge in [0.25, 0.3) is 0 Å². The van der Waals surface area contributed by atoms with E-state index in [0.29, 0.717) is 18.8 Å². The fraction of sp³-hybridized carbons (Fsp3) is 0.692. The second-order valence-corrected chi connectivity index (χ2v) is 4.06. The first-order chi connectivity index (χ1) is 8.02. The Morgan fingerprint density at radius 3 is 2.06 bits per heavy atom. The van der Waals surface area contributed by atoms with Crippen molar-refractivity contribution in [3.63, 3.8) is 0 Å². The van der Waals surface area contributed by atoms with Gasteiger partial charge in [-0.1, -0.05) is 27.7 Å². The first-order valence-electron chi connectivity index (χ1n) is 6.08. The van der Waals surface area contributed by atoms with Crippen LogP contribution in [0.5, 0.6) is 0 Å². The summed E-state index contributed by atoms with van der Waals surface area (Å²) < 4.78 is 9.91. The van der Waals surface area contributed by atoms with Gasteiger partial charge in [0.1, 0.15) is 0 Å². The molecule has 98 valence electrons. The van der Waals surface area contributed by atoms with Crippen LogP contribution in [0.4, 0.5) is 0 Å². The van der Waals surface area contributed by atoms with Crippen molar-refractivity contribution in [3.05, 3.63) is 11.6 Å². The Hall–Kier alpha value is -1.32. The van der Waals surface area contributed by atoms with Gasteiger partial charge in [-0.2, -0.15) is 0 Å². The SMILES string of the molecule is CCCOC(=O)C=C(C(=O)OCCC)C(C)C. The highest BCUT2D eigenvalue weighted by Crippen LogP contribution is 2.12. The molecule has 0 heterocycles. The molecule has 0 fully saturated rings. The van der Waals surface area contributed by atoms with Gasteiger partial charge in [0.15, 0.2) is 0 Å². The molecule has 0 aromatic rings. The molecule has 0 saturated heterocycles. The van der Waals surface area contributed by atoms with Crippen LogP contribution in [0.3, 0.4) is 0 Å². The van der Waals surface area contributed by atoms with Crippen molar-refractivity contribution < 1.29 is 19.1 Å². The number of carbonyl (C=O) groups is 2. The van der Waals surface area contributed by atoms with Crippen LogP contribution in [0, 0.1) is 5.92 Å². The first-order valence-corrected chi connectivity index (χ1v) is 6.08. The minimum atomic E-state index is -0.482. The molecular formula is C13H22O4. The lowest BCUT2D eigenvalue weighted by Crippen LogP contribution is -2.15. The van der Waals surface area contributed by atoms with Crippen LogP contribution in [-0.4, -0.2) is 25.2 Å². The van der Waals surface area contributed by atoms with Gasteiger partial charge in [0.2, 0.25) is 0 Å². The van der Waals surface area contributed by atoms with Gasteiger partial charge in [-0.05, 0) is 18.8 Å². The van der Waals surface area contributed by atoms with E-state index in [2.05, 4.69) is 0 Å². The molecule has 0 aliphatic rings. The average Bonchev–Trinajstić information content (AvgIpc) is 2.29. The maximum Gasteiger partial charge on any atom is 0.334 e. The molecule has 0 radical (unpaired) electrons. The average molecular weight is 242 g/mol. The van der Waals surface area contributed by atoms with E-state index in [1.54, 1.807) is 0 Å². The Morgan fingerprint density at radius 1 is 1.06 bits per heavy atom. The summed E-state index contributed by atoms with van der Waals surface area (Å²) in [7, 11) is 0. The van der Waals surface area contributed by atoms with Crippen molar-refractivity contribution in [1.82, 2.24) is 0 Å². The molecule has 4 heteroatoms. The van der Waals surface area contributed by atoms with Gasteiger partial charge in [-0.15, -0.1) is 0 Å². The van der Waals surface area contributed by atoms with Gasteiger partial charge in [-0.25, -0.2) is 9.59 Å². The largest absolute Gasteiger partial charge is 0.463 e. The number of hydrogen-bond donors (Lipinski definition) is 0. The van der Waals surface area contributed by atoms with E-state index >= 15 is 0 Å². The number of carbonyl (C=O) groups excluding carboxylic acids is 2. The van der Waals surface area contributed by atoms with Crippen molar-refractivity contribution >= 4 is 11.9 Å². The zero-order chi connectivity index (χ0) is 13.3. The second kappa shape index (κ2) is 8.79. The third-order valence-electron chi connectivity index (χ3n) is 2.02. The van der Waals surface area contributed by atoms with Crippen LogP contribution in [0.2, 0.25) is 0 Å². The third kappa shape index (κ3) is 6.76. The summed E-state index contributed by atoms with van der Waals surface area (Å²) >= 11 is 0. The summed E-state index contributed by atoms with van der Waals surface area (Å²) in [6.45, 7) is 8.24. The van der Waals surface area contributed by atoms with E-state index in [0.717, 1.165) is 12.8 Å². The lowest BCUT2D eigenvalue weighted by Gasteiger charge is -2.10.